The highest BCUT2D eigenvalue weighted by molar-refractivity contribution is 6.35. The molecular weight excluding hydrogens is 359 g/mol. The first-order valence-corrected chi connectivity index (χ1v) is 8.96. The van der Waals surface area contributed by atoms with Gasteiger partial charge in [-0.15, -0.1) is 0 Å². The molecule has 0 spiro atoms. The number of carbonyl (C=O) groups is 1. The van der Waals surface area contributed by atoms with E-state index in [0.29, 0.717) is 28.9 Å². The number of hydrogen-bond donors (Lipinski definition) is 0. The average molecular weight is 379 g/mol. The molecular formula is C19H20Cl2N2O2. The Hall–Kier alpha value is -1.91. The van der Waals surface area contributed by atoms with Crippen LogP contribution in [0.25, 0.3) is 0 Å². The normalized spacial score (nSPS) is 14.5. The molecule has 1 fully saturated rings. The van der Waals surface area contributed by atoms with Gasteiger partial charge in [-0.25, -0.2) is 0 Å². The molecule has 0 N–H and O–H groups in total. The number of piperazine rings is 1. The lowest BCUT2D eigenvalue weighted by atomic mass is 10.2. The third kappa shape index (κ3) is 4.59. The van der Waals surface area contributed by atoms with E-state index in [1.165, 1.54) is 0 Å². The number of amides is 1. The van der Waals surface area contributed by atoms with Crippen LogP contribution in [0.1, 0.15) is 5.56 Å². The topological polar surface area (TPSA) is 32.8 Å². The zero-order valence-corrected chi connectivity index (χ0v) is 15.6. The third-order valence-corrected chi connectivity index (χ3v) is 4.82. The lowest BCUT2D eigenvalue weighted by Crippen LogP contribution is -2.50. The van der Waals surface area contributed by atoms with Gasteiger partial charge in [-0.05, 0) is 37.3 Å². The highest BCUT2D eigenvalue weighted by atomic mass is 35.5. The van der Waals surface area contributed by atoms with Crippen molar-refractivity contribution in [2.45, 2.75) is 6.92 Å². The van der Waals surface area contributed by atoms with E-state index in [9.17, 15) is 4.79 Å². The van der Waals surface area contributed by atoms with Crippen molar-refractivity contribution in [3.05, 3.63) is 58.1 Å². The quantitative estimate of drug-likeness (QED) is 0.804. The zero-order chi connectivity index (χ0) is 17.8. The molecule has 0 bridgehead atoms. The van der Waals surface area contributed by atoms with E-state index in [0.717, 1.165) is 24.3 Å². The van der Waals surface area contributed by atoms with Crippen LogP contribution in [-0.4, -0.2) is 43.6 Å². The predicted molar refractivity (Wildman–Crippen MR) is 102 cm³/mol. The summed E-state index contributed by atoms with van der Waals surface area (Å²) in [7, 11) is 0. The van der Waals surface area contributed by atoms with Crippen LogP contribution in [0.3, 0.4) is 0 Å². The fourth-order valence-electron chi connectivity index (χ4n) is 2.80. The Kier molecular flexibility index (Phi) is 5.71. The van der Waals surface area contributed by atoms with Gasteiger partial charge in [0.2, 0.25) is 0 Å². The van der Waals surface area contributed by atoms with Crippen molar-refractivity contribution in [2.24, 2.45) is 0 Å². The number of carbonyl (C=O) groups excluding carboxylic acids is 1. The Morgan fingerprint density at radius 2 is 1.72 bits per heavy atom. The second-order valence-electron chi connectivity index (χ2n) is 6.07. The van der Waals surface area contributed by atoms with E-state index >= 15 is 0 Å². The Morgan fingerprint density at radius 3 is 2.40 bits per heavy atom. The molecule has 0 radical (unpaired) electrons. The molecule has 0 unspecified atom stereocenters. The van der Waals surface area contributed by atoms with Crippen molar-refractivity contribution in [3.8, 4) is 5.75 Å². The lowest BCUT2D eigenvalue weighted by Gasteiger charge is -2.36. The minimum atomic E-state index is -0.00239. The Labute approximate surface area is 157 Å². The summed E-state index contributed by atoms with van der Waals surface area (Å²) in [6, 6.07) is 13.1. The Morgan fingerprint density at radius 1 is 1.04 bits per heavy atom. The number of halogens is 2. The maximum Gasteiger partial charge on any atom is 0.260 e. The maximum absolute atomic E-state index is 12.3. The number of aryl methyl sites for hydroxylation is 1. The van der Waals surface area contributed by atoms with Gasteiger partial charge in [-0.1, -0.05) is 40.9 Å². The lowest BCUT2D eigenvalue weighted by molar-refractivity contribution is -0.133. The molecule has 25 heavy (non-hydrogen) atoms. The fraction of sp³-hybridized carbons (Fsp3) is 0.316. The first-order chi connectivity index (χ1) is 12.0. The van der Waals surface area contributed by atoms with Crippen LogP contribution in [0.5, 0.6) is 5.75 Å². The number of benzene rings is 2. The molecule has 3 rings (SSSR count). The standard InChI is InChI=1S/C19H20Cl2N2O2/c1-14-2-5-16(6-3-14)25-13-19(24)23-10-8-22(9-11-23)18-12-15(20)4-7-17(18)21/h2-7,12H,8-11,13H2,1H3. The molecule has 0 aromatic heterocycles. The van der Waals surface area contributed by atoms with Crippen LogP contribution in [0, 0.1) is 6.92 Å². The van der Waals surface area contributed by atoms with Crippen LogP contribution in [0.4, 0.5) is 5.69 Å². The third-order valence-electron chi connectivity index (χ3n) is 4.26. The fourth-order valence-corrected chi connectivity index (χ4v) is 3.20. The molecule has 1 aliphatic rings. The minimum Gasteiger partial charge on any atom is -0.484 e. The molecule has 132 valence electrons. The van der Waals surface area contributed by atoms with E-state index in [2.05, 4.69) is 4.90 Å². The smallest absolute Gasteiger partial charge is 0.260 e. The molecule has 0 atom stereocenters. The van der Waals surface area contributed by atoms with Gasteiger partial charge in [-0.3, -0.25) is 4.79 Å². The van der Waals surface area contributed by atoms with E-state index in [4.69, 9.17) is 27.9 Å². The SMILES string of the molecule is Cc1ccc(OCC(=O)N2CCN(c3cc(Cl)ccc3Cl)CC2)cc1. The monoisotopic (exact) mass is 378 g/mol. The molecule has 2 aromatic rings. The summed E-state index contributed by atoms with van der Waals surface area (Å²) in [5.41, 5.74) is 2.08. The molecule has 1 heterocycles. The molecule has 0 saturated carbocycles. The summed E-state index contributed by atoms with van der Waals surface area (Å²) in [4.78, 5) is 16.3. The predicted octanol–water partition coefficient (Wildman–Crippen LogP) is 4.03. The van der Waals surface area contributed by atoms with Crippen molar-refractivity contribution in [1.82, 2.24) is 4.90 Å². The molecule has 1 aliphatic heterocycles. The molecule has 1 amide bonds. The van der Waals surface area contributed by atoms with Crippen molar-refractivity contribution in [2.75, 3.05) is 37.7 Å². The van der Waals surface area contributed by atoms with Gasteiger partial charge in [0.1, 0.15) is 5.75 Å². The summed E-state index contributed by atoms with van der Waals surface area (Å²) in [5.74, 6) is 0.709. The van der Waals surface area contributed by atoms with Crippen LogP contribution in [0.2, 0.25) is 10.0 Å². The van der Waals surface area contributed by atoms with E-state index in [1.54, 1.807) is 12.1 Å². The van der Waals surface area contributed by atoms with Gasteiger partial charge in [0, 0.05) is 31.2 Å². The molecule has 4 nitrogen and oxygen atoms in total. The first-order valence-electron chi connectivity index (χ1n) is 8.20. The van der Waals surface area contributed by atoms with E-state index in [-0.39, 0.29) is 12.5 Å². The van der Waals surface area contributed by atoms with Gasteiger partial charge in [0.05, 0.1) is 10.7 Å². The maximum atomic E-state index is 12.3. The molecule has 1 saturated heterocycles. The molecule has 6 heteroatoms. The van der Waals surface area contributed by atoms with Crippen molar-refractivity contribution in [3.63, 3.8) is 0 Å². The second-order valence-corrected chi connectivity index (χ2v) is 6.91. The van der Waals surface area contributed by atoms with Crippen LogP contribution in [0.15, 0.2) is 42.5 Å². The molecule has 0 aliphatic carbocycles. The van der Waals surface area contributed by atoms with E-state index in [1.807, 2.05) is 42.2 Å². The highest BCUT2D eigenvalue weighted by Crippen LogP contribution is 2.29. The van der Waals surface area contributed by atoms with Gasteiger partial charge in [0.25, 0.3) is 5.91 Å². The highest BCUT2D eigenvalue weighted by Gasteiger charge is 2.22. The van der Waals surface area contributed by atoms with Gasteiger partial charge >= 0.3 is 0 Å². The van der Waals surface area contributed by atoms with Gasteiger partial charge < -0.3 is 14.5 Å². The summed E-state index contributed by atoms with van der Waals surface area (Å²) < 4.78 is 5.58. The number of ether oxygens (including phenoxy) is 1. The Balaban J connectivity index is 1.52. The first kappa shape index (κ1) is 17.9. The van der Waals surface area contributed by atoms with Gasteiger partial charge in [0.15, 0.2) is 6.61 Å². The van der Waals surface area contributed by atoms with Crippen molar-refractivity contribution in [1.29, 1.82) is 0 Å². The minimum absolute atomic E-state index is 0.00239. The number of hydrogen-bond acceptors (Lipinski definition) is 3. The average Bonchev–Trinajstić information content (AvgIpc) is 2.63. The molecule has 2 aromatic carbocycles. The van der Waals surface area contributed by atoms with Crippen molar-refractivity contribution >= 4 is 34.8 Å². The Bertz CT molecular complexity index is 742. The van der Waals surface area contributed by atoms with Crippen molar-refractivity contribution < 1.29 is 9.53 Å². The van der Waals surface area contributed by atoms with E-state index < -0.39 is 0 Å². The summed E-state index contributed by atoms with van der Waals surface area (Å²) in [6.07, 6.45) is 0. The zero-order valence-electron chi connectivity index (χ0n) is 14.0. The van der Waals surface area contributed by atoms with Crippen LogP contribution < -0.4 is 9.64 Å². The van der Waals surface area contributed by atoms with Gasteiger partial charge in [-0.2, -0.15) is 0 Å². The number of rotatable bonds is 4. The number of nitrogens with zero attached hydrogens (tertiary/aromatic N) is 2. The summed E-state index contributed by atoms with van der Waals surface area (Å²) >= 11 is 12.3. The van der Waals surface area contributed by atoms with Crippen LogP contribution >= 0.6 is 23.2 Å². The second kappa shape index (κ2) is 7.98. The summed E-state index contributed by atoms with van der Waals surface area (Å²) in [5, 5.41) is 1.33. The van der Waals surface area contributed by atoms with Crippen LogP contribution in [-0.2, 0) is 4.79 Å². The number of anilines is 1. The largest absolute Gasteiger partial charge is 0.484 e. The summed E-state index contributed by atoms with van der Waals surface area (Å²) in [6.45, 7) is 4.78.